The molecule has 2 nitrogen and oxygen atoms in total. The standard InChI is InChI=1S/C14H23NO/c1-4-5-6-10-14(2,15)12-8-7-9-13(11-12)16-3/h7-9,11H,4-6,10,15H2,1-3H3. The summed E-state index contributed by atoms with van der Waals surface area (Å²) < 4.78 is 5.22. The second-order valence-corrected chi connectivity index (χ2v) is 4.61. The van der Waals surface area contributed by atoms with Gasteiger partial charge in [-0.05, 0) is 31.0 Å². The lowest BCUT2D eigenvalue weighted by Gasteiger charge is -2.25. The van der Waals surface area contributed by atoms with Crippen LogP contribution in [0.25, 0.3) is 0 Å². The molecule has 90 valence electrons. The Morgan fingerprint density at radius 1 is 1.31 bits per heavy atom. The van der Waals surface area contributed by atoms with Crippen LogP contribution in [-0.2, 0) is 5.54 Å². The molecule has 0 aromatic heterocycles. The van der Waals surface area contributed by atoms with E-state index in [2.05, 4.69) is 19.9 Å². The van der Waals surface area contributed by atoms with E-state index in [1.54, 1.807) is 7.11 Å². The Morgan fingerprint density at radius 3 is 2.69 bits per heavy atom. The summed E-state index contributed by atoms with van der Waals surface area (Å²) in [6.45, 7) is 4.30. The Bertz CT molecular complexity index is 320. The summed E-state index contributed by atoms with van der Waals surface area (Å²) in [6, 6.07) is 8.06. The van der Waals surface area contributed by atoms with Crippen molar-refractivity contribution in [2.75, 3.05) is 7.11 Å². The zero-order valence-electron chi connectivity index (χ0n) is 10.6. The molecule has 1 aromatic rings. The van der Waals surface area contributed by atoms with Gasteiger partial charge in [-0.1, -0.05) is 38.3 Å². The van der Waals surface area contributed by atoms with Gasteiger partial charge >= 0.3 is 0 Å². The van der Waals surface area contributed by atoms with Crippen LogP contribution in [0.3, 0.4) is 0 Å². The number of ether oxygens (including phenoxy) is 1. The highest BCUT2D eigenvalue weighted by Gasteiger charge is 2.20. The first-order chi connectivity index (χ1) is 7.60. The molecule has 1 unspecified atom stereocenters. The van der Waals surface area contributed by atoms with E-state index in [1.807, 2.05) is 18.2 Å². The lowest BCUT2D eigenvalue weighted by Crippen LogP contribution is -2.32. The zero-order valence-corrected chi connectivity index (χ0v) is 10.6. The van der Waals surface area contributed by atoms with Crippen LogP contribution < -0.4 is 10.5 Å². The van der Waals surface area contributed by atoms with Crippen molar-refractivity contribution >= 4 is 0 Å². The number of rotatable bonds is 6. The van der Waals surface area contributed by atoms with Crippen molar-refractivity contribution in [3.63, 3.8) is 0 Å². The van der Waals surface area contributed by atoms with Crippen molar-refractivity contribution in [1.29, 1.82) is 0 Å². The number of benzene rings is 1. The van der Waals surface area contributed by atoms with Crippen molar-refractivity contribution in [2.45, 2.75) is 45.1 Å². The van der Waals surface area contributed by atoms with Gasteiger partial charge in [-0.25, -0.2) is 0 Å². The van der Waals surface area contributed by atoms with Crippen molar-refractivity contribution in [3.8, 4) is 5.75 Å². The molecule has 1 rings (SSSR count). The molecule has 0 aliphatic heterocycles. The molecule has 1 aromatic carbocycles. The van der Waals surface area contributed by atoms with E-state index in [4.69, 9.17) is 10.5 Å². The molecular weight excluding hydrogens is 198 g/mol. The quantitative estimate of drug-likeness (QED) is 0.747. The average Bonchev–Trinajstić information content (AvgIpc) is 2.29. The van der Waals surface area contributed by atoms with Gasteiger partial charge in [0.15, 0.2) is 0 Å². The SMILES string of the molecule is CCCCCC(C)(N)c1cccc(OC)c1. The molecule has 0 aliphatic carbocycles. The highest BCUT2D eigenvalue weighted by atomic mass is 16.5. The Labute approximate surface area is 98.8 Å². The van der Waals surface area contributed by atoms with Crippen LogP contribution in [0.15, 0.2) is 24.3 Å². The molecular formula is C14H23NO. The maximum atomic E-state index is 6.35. The van der Waals surface area contributed by atoms with Gasteiger partial charge in [0.2, 0.25) is 0 Å². The van der Waals surface area contributed by atoms with E-state index >= 15 is 0 Å². The molecule has 0 aliphatic rings. The summed E-state index contributed by atoms with van der Waals surface area (Å²) >= 11 is 0. The van der Waals surface area contributed by atoms with Gasteiger partial charge in [-0.15, -0.1) is 0 Å². The second-order valence-electron chi connectivity index (χ2n) is 4.61. The Morgan fingerprint density at radius 2 is 2.06 bits per heavy atom. The molecule has 0 fully saturated rings. The summed E-state index contributed by atoms with van der Waals surface area (Å²) in [4.78, 5) is 0. The summed E-state index contributed by atoms with van der Waals surface area (Å²) in [5, 5.41) is 0. The third-order valence-electron chi connectivity index (χ3n) is 3.03. The number of methoxy groups -OCH3 is 1. The van der Waals surface area contributed by atoms with E-state index < -0.39 is 0 Å². The first-order valence-electron chi connectivity index (χ1n) is 6.03. The van der Waals surface area contributed by atoms with Crippen LogP contribution in [-0.4, -0.2) is 7.11 Å². The minimum atomic E-state index is -0.246. The smallest absolute Gasteiger partial charge is 0.119 e. The van der Waals surface area contributed by atoms with Crippen LogP contribution in [0, 0.1) is 0 Å². The predicted octanol–water partition coefficient (Wildman–Crippen LogP) is 3.45. The molecule has 2 N–H and O–H groups in total. The third-order valence-corrected chi connectivity index (χ3v) is 3.03. The molecule has 0 heterocycles. The minimum Gasteiger partial charge on any atom is -0.497 e. The van der Waals surface area contributed by atoms with Crippen LogP contribution in [0.2, 0.25) is 0 Å². The van der Waals surface area contributed by atoms with Crippen LogP contribution in [0.4, 0.5) is 0 Å². The highest BCUT2D eigenvalue weighted by molar-refractivity contribution is 5.32. The van der Waals surface area contributed by atoms with Gasteiger partial charge in [-0.3, -0.25) is 0 Å². The molecule has 1 atom stereocenters. The molecule has 0 spiro atoms. The predicted molar refractivity (Wildman–Crippen MR) is 68.7 cm³/mol. The monoisotopic (exact) mass is 221 g/mol. The summed E-state index contributed by atoms with van der Waals surface area (Å²) in [6.07, 6.45) is 4.68. The zero-order chi connectivity index (χ0) is 12.0. The van der Waals surface area contributed by atoms with E-state index in [0.29, 0.717) is 0 Å². The van der Waals surface area contributed by atoms with Gasteiger partial charge < -0.3 is 10.5 Å². The first kappa shape index (κ1) is 13.0. The topological polar surface area (TPSA) is 35.2 Å². The number of unbranched alkanes of at least 4 members (excludes halogenated alkanes) is 2. The normalized spacial score (nSPS) is 14.5. The fraction of sp³-hybridized carbons (Fsp3) is 0.571. The van der Waals surface area contributed by atoms with Crippen LogP contribution >= 0.6 is 0 Å². The van der Waals surface area contributed by atoms with Gasteiger partial charge in [0.05, 0.1) is 7.11 Å². The Kier molecular flexibility index (Phi) is 4.81. The van der Waals surface area contributed by atoms with Crippen molar-refractivity contribution in [3.05, 3.63) is 29.8 Å². The van der Waals surface area contributed by atoms with Crippen LogP contribution in [0.5, 0.6) is 5.75 Å². The lowest BCUT2D eigenvalue weighted by atomic mass is 9.87. The van der Waals surface area contributed by atoms with Gasteiger partial charge in [0.1, 0.15) is 5.75 Å². The van der Waals surface area contributed by atoms with Crippen molar-refractivity contribution < 1.29 is 4.74 Å². The number of hydrogen-bond acceptors (Lipinski definition) is 2. The highest BCUT2D eigenvalue weighted by Crippen LogP contribution is 2.26. The van der Waals surface area contributed by atoms with Crippen LogP contribution in [0.1, 0.15) is 45.1 Å². The Balaban J connectivity index is 2.72. The summed E-state index contributed by atoms with van der Waals surface area (Å²) in [7, 11) is 1.68. The van der Waals surface area contributed by atoms with E-state index in [9.17, 15) is 0 Å². The fourth-order valence-corrected chi connectivity index (χ4v) is 1.86. The summed E-state index contributed by atoms with van der Waals surface area (Å²) in [5.41, 5.74) is 7.26. The van der Waals surface area contributed by atoms with Gasteiger partial charge in [-0.2, -0.15) is 0 Å². The summed E-state index contributed by atoms with van der Waals surface area (Å²) in [5.74, 6) is 0.879. The molecule has 0 amide bonds. The van der Waals surface area contributed by atoms with E-state index in [1.165, 1.54) is 19.3 Å². The lowest BCUT2D eigenvalue weighted by molar-refractivity contribution is 0.403. The first-order valence-corrected chi connectivity index (χ1v) is 6.03. The van der Waals surface area contributed by atoms with Crippen molar-refractivity contribution in [1.82, 2.24) is 0 Å². The fourth-order valence-electron chi connectivity index (χ4n) is 1.86. The Hall–Kier alpha value is -1.02. The average molecular weight is 221 g/mol. The molecule has 0 bridgehead atoms. The maximum absolute atomic E-state index is 6.35. The molecule has 0 saturated heterocycles. The molecule has 2 heteroatoms. The third kappa shape index (κ3) is 3.53. The largest absolute Gasteiger partial charge is 0.497 e. The van der Waals surface area contributed by atoms with Gasteiger partial charge in [0, 0.05) is 5.54 Å². The molecule has 0 saturated carbocycles. The van der Waals surface area contributed by atoms with E-state index in [0.717, 1.165) is 17.7 Å². The number of hydrogen-bond donors (Lipinski definition) is 1. The second kappa shape index (κ2) is 5.90. The van der Waals surface area contributed by atoms with E-state index in [-0.39, 0.29) is 5.54 Å². The van der Waals surface area contributed by atoms with Gasteiger partial charge in [0.25, 0.3) is 0 Å². The minimum absolute atomic E-state index is 0.246. The molecule has 16 heavy (non-hydrogen) atoms. The maximum Gasteiger partial charge on any atom is 0.119 e. The number of nitrogens with two attached hydrogens (primary N) is 1. The molecule has 0 radical (unpaired) electrons. The van der Waals surface area contributed by atoms with Crippen molar-refractivity contribution in [2.24, 2.45) is 5.73 Å².